The number of pyridine rings is 1. The predicted octanol–water partition coefficient (Wildman–Crippen LogP) is 7.93. The first-order chi connectivity index (χ1) is 20.7. The highest BCUT2D eigenvalue weighted by molar-refractivity contribution is 6.04. The van der Waals surface area contributed by atoms with Gasteiger partial charge in [0.2, 0.25) is 0 Å². The lowest BCUT2D eigenvalue weighted by atomic mass is 10.1. The normalized spacial score (nSPS) is 11.0. The van der Waals surface area contributed by atoms with Crippen molar-refractivity contribution in [1.29, 1.82) is 5.26 Å². The molecule has 1 aromatic heterocycles. The van der Waals surface area contributed by atoms with Crippen LogP contribution in [-0.4, -0.2) is 25.1 Å². The highest BCUT2D eigenvalue weighted by Gasteiger charge is 2.31. The summed E-state index contributed by atoms with van der Waals surface area (Å²) in [5, 5.41) is 16.2. The van der Waals surface area contributed by atoms with Gasteiger partial charge in [0.25, 0.3) is 5.91 Å². The van der Waals surface area contributed by atoms with E-state index in [-0.39, 0.29) is 5.56 Å². The molecule has 1 amide bonds. The lowest BCUT2D eigenvalue weighted by molar-refractivity contribution is -0.137. The van der Waals surface area contributed by atoms with E-state index < -0.39 is 17.6 Å². The molecule has 5 aromatic rings. The highest BCUT2D eigenvalue weighted by atomic mass is 19.4. The van der Waals surface area contributed by atoms with Crippen LogP contribution in [0.25, 0.3) is 10.9 Å². The molecule has 2 N–H and O–H groups in total. The minimum Gasteiger partial charge on any atom is -0.493 e. The quantitative estimate of drug-likeness (QED) is 0.191. The third-order valence-electron chi connectivity index (χ3n) is 6.40. The summed E-state index contributed by atoms with van der Waals surface area (Å²) < 4.78 is 55.8. The number of hydrogen-bond acceptors (Lipinski definition) is 7. The summed E-state index contributed by atoms with van der Waals surface area (Å²) in [7, 11) is 3.06. The Bertz CT molecular complexity index is 1850. The lowest BCUT2D eigenvalue weighted by Crippen LogP contribution is -2.13. The number of methoxy groups -OCH3 is 2. The maximum Gasteiger partial charge on any atom is 0.416 e. The zero-order chi connectivity index (χ0) is 30.6. The Morgan fingerprint density at radius 1 is 0.860 bits per heavy atom. The molecule has 11 heteroatoms. The Balaban J connectivity index is 1.31. The Morgan fingerprint density at radius 2 is 1.58 bits per heavy atom. The zero-order valence-electron chi connectivity index (χ0n) is 22.8. The highest BCUT2D eigenvalue weighted by Crippen LogP contribution is 2.37. The summed E-state index contributed by atoms with van der Waals surface area (Å²) in [6, 6.07) is 23.3. The fraction of sp³-hybridized carbons (Fsp3) is 0.0938. The van der Waals surface area contributed by atoms with Gasteiger partial charge in [-0.3, -0.25) is 9.78 Å². The summed E-state index contributed by atoms with van der Waals surface area (Å²) in [5.41, 5.74) is 1.49. The molecule has 8 nitrogen and oxygen atoms in total. The summed E-state index contributed by atoms with van der Waals surface area (Å²) in [4.78, 5) is 16.9. The average Bonchev–Trinajstić information content (AvgIpc) is 3.01. The minimum atomic E-state index is -4.55. The molecule has 5 rings (SSSR count). The Hall–Kier alpha value is -5.76. The Morgan fingerprint density at radius 3 is 2.28 bits per heavy atom. The number of benzene rings is 4. The zero-order valence-corrected chi connectivity index (χ0v) is 22.8. The van der Waals surface area contributed by atoms with Crippen molar-refractivity contribution < 1.29 is 32.2 Å². The van der Waals surface area contributed by atoms with E-state index >= 15 is 0 Å². The number of nitriles is 1. The van der Waals surface area contributed by atoms with Crippen LogP contribution >= 0.6 is 0 Å². The van der Waals surface area contributed by atoms with Gasteiger partial charge >= 0.3 is 6.18 Å². The first-order valence-electron chi connectivity index (χ1n) is 12.8. The smallest absolute Gasteiger partial charge is 0.416 e. The Labute approximate surface area is 244 Å². The van der Waals surface area contributed by atoms with E-state index in [0.717, 1.165) is 12.1 Å². The van der Waals surface area contributed by atoms with Crippen LogP contribution in [0.3, 0.4) is 0 Å². The number of nitrogens with zero attached hydrogens (tertiary/aromatic N) is 2. The van der Waals surface area contributed by atoms with Crippen molar-refractivity contribution in [2.24, 2.45) is 0 Å². The standard InChI is InChI=1S/C32H23F3N4O4/c1-41-28-15-26-27(16-29(28)42-2)37-18-20(17-36)30(26)38-22-9-11-24(12-10-22)43-25-8-4-7-23(14-25)39-31(40)19-5-3-6-21(13-19)32(33,34)35/h3-16,18H,1-2H3,(H,37,38)(H,39,40). The van der Waals surface area contributed by atoms with Crippen LogP contribution in [0.4, 0.5) is 30.2 Å². The second-order valence-electron chi connectivity index (χ2n) is 9.19. The molecule has 216 valence electrons. The molecule has 0 saturated carbocycles. The van der Waals surface area contributed by atoms with Gasteiger partial charge in [-0.15, -0.1) is 0 Å². The number of carbonyl (C=O) groups excluding carboxylic acids is 1. The number of halogens is 3. The summed E-state index contributed by atoms with van der Waals surface area (Å²) in [6.45, 7) is 0. The number of amides is 1. The van der Waals surface area contributed by atoms with Crippen molar-refractivity contribution in [1.82, 2.24) is 4.98 Å². The van der Waals surface area contributed by atoms with Gasteiger partial charge in [0.05, 0.1) is 36.6 Å². The third kappa shape index (κ3) is 6.44. The molecule has 0 aliphatic rings. The molecule has 0 fully saturated rings. The van der Waals surface area contributed by atoms with E-state index in [2.05, 4.69) is 21.7 Å². The summed E-state index contributed by atoms with van der Waals surface area (Å²) in [5.74, 6) is 1.20. The van der Waals surface area contributed by atoms with Gasteiger partial charge in [0.1, 0.15) is 17.6 Å². The monoisotopic (exact) mass is 584 g/mol. The van der Waals surface area contributed by atoms with Crippen molar-refractivity contribution in [2.45, 2.75) is 6.18 Å². The maximum absolute atomic E-state index is 13.0. The number of hydrogen-bond donors (Lipinski definition) is 2. The number of alkyl halides is 3. The number of carbonyl (C=O) groups is 1. The topological polar surface area (TPSA) is 106 Å². The fourth-order valence-electron chi connectivity index (χ4n) is 4.30. The molecule has 43 heavy (non-hydrogen) atoms. The molecule has 0 radical (unpaired) electrons. The lowest BCUT2D eigenvalue weighted by Gasteiger charge is -2.15. The number of ether oxygens (including phenoxy) is 3. The van der Waals surface area contributed by atoms with Crippen LogP contribution in [0.5, 0.6) is 23.0 Å². The number of aromatic nitrogens is 1. The molecule has 1 heterocycles. The molecule has 0 unspecified atom stereocenters. The largest absolute Gasteiger partial charge is 0.493 e. The number of rotatable bonds is 8. The van der Waals surface area contributed by atoms with Crippen molar-refractivity contribution in [3.05, 3.63) is 108 Å². The second-order valence-corrected chi connectivity index (χ2v) is 9.19. The Kier molecular flexibility index (Phi) is 8.03. The van der Waals surface area contributed by atoms with Gasteiger partial charge in [-0.05, 0) is 60.7 Å². The first-order valence-corrected chi connectivity index (χ1v) is 12.8. The molecule has 0 aliphatic carbocycles. The number of fused-ring (bicyclic) bond motifs is 1. The summed E-state index contributed by atoms with van der Waals surface area (Å²) >= 11 is 0. The maximum atomic E-state index is 13.0. The molecule has 0 saturated heterocycles. The van der Waals surface area contributed by atoms with Crippen LogP contribution in [0.2, 0.25) is 0 Å². The van der Waals surface area contributed by atoms with Gasteiger partial charge in [-0.1, -0.05) is 12.1 Å². The van der Waals surface area contributed by atoms with E-state index in [1.54, 1.807) is 60.7 Å². The van der Waals surface area contributed by atoms with Gasteiger partial charge in [0, 0.05) is 40.7 Å². The molecular formula is C32H23F3N4O4. The van der Waals surface area contributed by atoms with Crippen molar-refractivity contribution in [3.8, 4) is 29.1 Å². The van der Waals surface area contributed by atoms with Gasteiger partial charge in [-0.2, -0.15) is 18.4 Å². The van der Waals surface area contributed by atoms with Gasteiger partial charge in [-0.25, -0.2) is 0 Å². The van der Waals surface area contributed by atoms with E-state index in [4.69, 9.17) is 14.2 Å². The molecule has 4 aromatic carbocycles. The molecule has 0 aliphatic heterocycles. The molecular weight excluding hydrogens is 561 g/mol. The van der Waals surface area contributed by atoms with E-state index in [1.807, 2.05) is 0 Å². The van der Waals surface area contributed by atoms with Crippen LogP contribution in [0, 0.1) is 11.3 Å². The van der Waals surface area contributed by atoms with Crippen LogP contribution in [0.15, 0.2) is 91.1 Å². The van der Waals surface area contributed by atoms with Crippen LogP contribution in [0.1, 0.15) is 21.5 Å². The van der Waals surface area contributed by atoms with Gasteiger partial charge < -0.3 is 24.8 Å². The van der Waals surface area contributed by atoms with Gasteiger partial charge in [0.15, 0.2) is 11.5 Å². The molecule has 0 bridgehead atoms. The average molecular weight is 585 g/mol. The van der Waals surface area contributed by atoms with Crippen molar-refractivity contribution in [3.63, 3.8) is 0 Å². The summed E-state index contributed by atoms with van der Waals surface area (Å²) in [6.07, 6.45) is -3.08. The van der Waals surface area contributed by atoms with Crippen LogP contribution < -0.4 is 24.8 Å². The molecule has 0 spiro atoms. The van der Waals surface area contributed by atoms with Crippen LogP contribution in [-0.2, 0) is 6.18 Å². The second kappa shape index (κ2) is 12.0. The van der Waals surface area contributed by atoms with E-state index in [1.165, 1.54) is 32.5 Å². The van der Waals surface area contributed by atoms with Crippen molar-refractivity contribution >= 4 is 33.9 Å². The fourth-order valence-corrected chi connectivity index (χ4v) is 4.30. The predicted molar refractivity (Wildman–Crippen MR) is 155 cm³/mol. The first kappa shape index (κ1) is 28.8. The number of anilines is 3. The van der Waals surface area contributed by atoms with E-state index in [0.29, 0.717) is 56.5 Å². The third-order valence-corrected chi connectivity index (χ3v) is 6.40. The SMILES string of the molecule is COc1cc2ncc(C#N)c(Nc3ccc(Oc4cccc(NC(=O)c5cccc(C(F)(F)F)c5)c4)cc3)c2cc1OC. The minimum absolute atomic E-state index is 0.122. The van der Waals surface area contributed by atoms with Crippen molar-refractivity contribution in [2.75, 3.05) is 24.9 Å². The molecule has 0 atom stereocenters. The van der Waals surface area contributed by atoms with E-state index in [9.17, 15) is 23.2 Å². The number of nitrogens with one attached hydrogen (secondary N) is 2.